The average Bonchev–Trinajstić information content (AvgIpc) is 3.59. The minimum absolute atomic E-state index is 0.0429. The highest BCUT2D eigenvalue weighted by Crippen LogP contribution is 2.31. The molecule has 0 radical (unpaired) electrons. The van der Waals surface area contributed by atoms with Gasteiger partial charge in [0.15, 0.2) is 5.69 Å². The minimum atomic E-state index is -4.80. The summed E-state index contributed by atoms with van der Waals surface area (Å²) in [4.78, 5) is 15.2. The van der Waals surface area contributed by atoms with Gasteiger partial charge in [0.25, 0.3) is 5.91 Å². The van der Waals surface area contributed by atoms with Crippen LogP contribution in [-0.2, 0) is 6.18 Å². The van der Waals surface area contributed by atoms with Gasteiger partial charge in [-0.25, -0.2) is 9.07 Å². The van der Waals surface area contributed by atoms with E-state index in [0.717, 1.165) is 15.8 Å². The number of aromatic nitrogens is 4. The summed E-state index contributed by atoms with van der Waals surface area (Å²) < 4.78 is 60.4. The molecule has 0 saturated carbocycles. The van der Waals surface area contributed by atoms with Crippen molar-refractivity contribution in [3.05, 3.63) is 102 Å². The lowest BCUT2D eigenvalue weighted by Crippen LogP contribution is -2.24. The molecule has 3 aromatic rings. The first kappa shape index (κ1) is 32.7. The summed E-state index contributed by atoms with van der Waals surface area (Å²) >= 11 is 0. The zero-order valence-corrected chi connectivity index (χ0v) is 24.2. The number of allylic oxidation sites excluding steroid dienone is 6. The third kappa shape index (κ3) is 8.61. The largest absolute Gasteiger partial charge is 0.435 e. The Morgan fingerprint density at radius 3 is 2.58 bits per heavy atom. The lowest BCUT2D eigenvalue weighted by Gasteiger charge is -2.21. The number of anilines is 1. The number of amides is 1. The van der Waals surface area contributed by atoms with Crippen molar-refractivity contribution in [3.63, 3.8) is 0 Å². The second-order valence-corrected chi connectivity index (χ2v) is 9.73. The summed E-state index contributed by atoms with van der Waals surface area (Å²) in [5.74, 6) is -1.16. The van der Waals surface area contributed by atoms with Crippen LogP contribution < -0.4 is 11.1 Å². The van der Waals surface area contributed by atoms with E-state index in [4.69, 9.17) is 10.2 Å². The van der Waals surface area contributed by atoms with Gasteiger partial charge in [0.1, 0.15) is 5.69 Å². The van der Waals surface area contributed by atoms with Crippen molar-refractivity contribution in [1.29, 1.82) is 0 Å². The van der Waals surface area contributed by atoms with Crippen LogP contribution in [0.4, 0.5) is 23.6 Å². The quantitative estimate of drug-likeness (QED) is 0.186. The zero-order chi connectivity index (χ0) is 31.7. The molecule has 9 nitrogen and oxygen atoms in total. The van der Waals surface area contributed by atoms with Crippen molar-refractivity contribution in [2.24, 2.45) is 5.92 Å². The topological polar surface area (TPSA) is 115 Å². The summed E-state index contributed by atoms with van der Waals surface area (Å²) in [5, 5.41) is 13.6. The molecular weight excluding hydrogens is 566 g/mol. The fraction of sp³-hybridized carbons (Fsp3) is 0.267. The van der Waals surface area contributed by atoms with Gasteiger partial charge in [-0.15, -0.1) is 5.10 Å². The van der Waals surface area contributed by atoms with Gasteiger partial charge in [0.05, 0.1) is 12.0 Å². The number of nitrogens with two attached hydrogens (primary N) is 1. The molecule has 0 fully saturated rings. The van der Waals surface area contributed by atoms with Crippen molar-refractivity contribution < 1.29 is 26.8 Å². The van der Waals surface area contributed by atoms with Gasteiger partial charge in [0, 0.05) is 29.8 Å². The number of nitrogens with zero attached hydrogens (tertiary/aromatic N) is 5. The smallest absolute Gasteiger partial charge is 0.404 e. The van der Waals surface area contributed by atoms with Crippen LogP contribution in [0.2, 0.25) is 0 Å². The van der Waals surface area contributed by atoms with Crippen molar-refractivity contribution in [2.75, 3.05) is 26.4 Å². The van der Waals surface area contributed by atoms with Crippen LogP contribution in [0, 0.1) is 5.92 Å². The Bertz CT molecular complexity index is 1560. The predicted octanol–water partition coefficient (Wildman–Crippen LogP) is 6.27. The Hall–Kier alpha value is -4.78. The van der Waals surface area contributed by atoms with Gasteiger partial charge in [0.2, 0.25) is 5.89 Å². The van der Waals surface area contributed by atoms with Crippen LogP contribution in [0.5, 0.6) is 0 Å². The molecular formula is C30H33F4N7O2. The van der Waals surface area contributed by atoms with Gasteiger partial charge >= 0.3 is 12.2 Å². The minimum Gasteiger partial charge on any atom is -0.404 e. The molecule has 43 heavy (non-hydrogen) atoms. The molecule has 0 saturated heterocycles. The summed E-state index contributed by atoms with van der Waals surface area (Å²) in [7, 11) is 3.83. The number of hydrogen-bond acceptors (Lipinski definition) is 7. The number of hydrogen-bond donors (Lipinski definition) is 2. The highest BCUT2D eigenvalue weighted by Gasteiger charge is 2.36. The maximum atomic E-state index is 13.6. The molecule has 1 unspecified atom stereocenters. The highest BCUT2D eigenvalue weighted by atomic mass is 19.4. The number of nitrogen functional groups attached to an aromatic ring is 1. The number of carbonyl (C=O) groups is 1. The van der Waals surface area contributed by atoms with Gasteiger partial charge < -0.3 is 20.4 Å². The zero-order valence-electron chi connectivity index (χ0n) is 24.2. The van der Waals surface area contributed by atoms with Crippen molar-refractivity contribution in [1.82, 2.24) is 30.2 Å². The molecule has 0 aliphatic carbocycles. The van der Waals surface area contributed by atoms with Gasteiger partial charge in [-0.1, -0.05) is 42.0 Å². The van der Waals surface area contributed by atoms with Crippen LogP contribution >= 0.6 is 0 Å². The van der Waals surface area contributed by atoms with E-state index < -0.39 is 17.8 Å². The molecule has 2 aromatic heterocycles. The van der Waals surface area contributed by atoms with E-state index in [2.05, 4.69) is 27.2 Å². The first-order chi connectivity index (χ1) is 20.4. The third-order valence-electron chi connectivity index (χ3n) is 6.19. The Labute approximate surface area is 246 Å². The van der Waals surface area contributed by atoms with Crippen molar-refractivity contribution in [2.45, 2.75) is 26.4 Å². The molecule has 2 heterocycles. The molecule has 1 aromatic carbocycles. The van der Waals surface area contributed by atoms with Crippen LogP contribution in [0.15, 0.2) is 94.9 Å². The van der Waals surface area contributed by atoms with Crippen LogP contribution in [0.3, 0.4) is 0 Å². The first-order valence-electron chi connectivity index (χ1n) is 13.1. The monoisotopic (exact) mass is 599 g/mol. The van der Waals surface area contributed by atoms with E-state index in [9.17, 15) is 22.4 Å². The maximum Gasteiger partial charge on any atom is 0.435 e. The van der Waals surface area contributed by atoms with E-state index in [1.54, 1.807) is 25.1 Å². The molecule has 0 aliphatic rings. The second-order valence-electron chi connectivity index (χ2n) is 9.73. The fourth-order valence-electron chi connectivity index (χ4n) is 4.36. The van der Waals surface area contributed by atoms with Crippen LogP contribution in [-0.4, -0.2) is 51.4 Å². The van der Waals surface area contributed by atoms with Gasteiger partial charge in [-0.05, 0) is 69.8 Å². The summed E-state index contributed by atoms with van der Waals surface area (Å²) in [6.45, 7) is 7.80. The third-order valence-corrected chi connectivity index (χ3v) is 6.19. The normalized spacial score (nSPS) is 14.0. The molecule has 0 aliphatic heterocycles. The van der Waals surface area contributed by atoms with Crippen molar-refractivity contribution >= 4 is 11.9 Å². The lowest BCUT2D eigenvalue weighted by molar-refractivity contribution is -0.141. The second kappa shape index (κ2) is 14.4. The van der Waals surface area contributed by atoms with E-state index in [1.165, 1.54) is 24.3 Å². The summed E-state index contributed by atoms with van der Waals surface area (Å²) in [5.41, 5.74) is 6.54. The number of likely N-dealkylation sites (N-methyl/N-ethyl adjacent to an activating group) is 1. The Kier molecular flexibility index (Phi) is 11.0. The Morgan fingerprint density at radius 2 is 2.00 bits per heavy atom. The standard InChI is InChI=1S/C30H33F4N7O2/c1-6-9-22(18-40(4)5)24(7-2)20(14-15-31)13-12-19(3)36-27(42)25-17-26(30(32,33)34)39-41(25)23-11-8-10-21(16-23)28-37-38-29(35)43-28/h6-12,14-17,20H,1,13,18H2,2-5H3,(H2,35,38)(H,36,42)/b15-14+,19-12+,22-9-,24-7-. The maximum absolute atomic E-state index is 13.6. The van der Waals surface area contributed by atoms with E-state index in [-0.39, 0.29) is 29.2 Å². The molecule has 0 spiro atoms. The Morgan fingerprint density at radius 1 is 1.26 bits per heavy atom. The van der Waals surface area contributed by atoms with Crippen LogP contribution in [0.1, 0.15) is 36.5 Å². The Balaban J connectivity index is 1.91. The number of nitrogens with one attached hydrogen (secondary N) is 1. The number of benzene rings is 1. The summed E-state index contributed by atoms with van der Waals surface area (Å²) in [6, 6.07) is 6.53. The van der Waals surface area contributed by atoms with Crippen LogP contribution in [0.25, 0.3) is 17.1 Å². The molecule has 13 heteroatoms. The van der Waals surface area contributed by atoms with Gasteiger partial charge in [-0.2, -0.15) is 18.3 Å². The number of alkyl halides is 3. The molecule has 1 amide bonds. The number of carbonyl (C=O) groups excluding carboxylic acids is 1. The molecule has 3 N–H and O–H groups in total. The predicted molar refractivity (Wildman–Crippen MR) is 156 cm³/mol. The molecule has 228 valence electrons. The average molecular weight is 600 g/mol. The lowest BCUT2D eigenvalue weighted by atomic mass is 9.88. The van der Waals surface area contributed by atoms with E-state index >= 15 is 0 Å². The number of halogens is 4. The van der Waals surface area contributed by atoms with Crippen molar-refractivity contribution in [3.8, 4) is 17.1 Å². The number of rotatable bonds is 12. The summed E-state index contributed by atoms with van der Waals surface area (Å²) in [6.07, 6.45) is 4.45. The fourth-order valence-corrected chi connectivity index (χ4v) is 4.36. The first-order valence-corrected chi connectivity index (χ1v) is 13.1. The van der Waals surface area contributed by atoms with E-state index in [1.807, 2.05) is 38.1 Å². The molecule has 3 rings (SSSR count). The van der Waals surface area contributed by atoms with Gasteiger partial charge in [-0.3, -0.25) is 4.79 Å². The SMILES string of the molecule is C=C/C=C(CN(C)C)\C(=C/C)C(/C=C/F)C/C=C(\C)NC(=O)c1cc(C(F)(F)F)nn1-c1cccc(-c2nnc(N)o2)c1. The highest BCUT2D eigenvalue weighted by molar-refractivity contribution is 5.94. The molecule has 0 bridgehead atoms. The van der Waals surface area contributed by atoms with E-state index in [0.29, 0.717) is 36.6 Å². The molecule has 1 atom stereocenters.